The van der Waals surface area contributed by atoms with E-state index in [0.29, 0.717) is 5.56 Å². The van der Waals surface area contributed by atoms with Crippen molar-refractivity contribution in [1.29, 1.82) is 0 Å². The molecular weight excluding hydrogens is 348 g/mol. The minimum Gasteiger partial charge on any atom is -0.410 e. The largest absolute Gasteiger partial charge is 0.421 e. The summed E-state index contributed by atoms with van der Waals surface area (Å²) in [4.78, 5) is 27.4. The van der Waals surface area contributed by atoms with E-state index in [4.69, 9.17) is 4.74 Å². The Hall–Kier alpha value is -3.62. The summed E-state index contributed by atoms with van der Waals surface area (Å²) in [6, 6.07) is 7.49. The second-order valence-corrected chi connectivity index (χ2v) is 5.25. The van der Waals surface area contributed by atoms with Gasteiger partial charge in [0.05, 0.1) is 11.0 Å². The third kappa shape index (κ3) is 3.56. The van der Waals surface area contributed by atoms with E-state index in [9.17, 15) is 23.7 Å². The molecular formula is C17H11F2N3O4. The Bertz CT molecular complexity index is 913. The van der Waals surface area contributed by atoms with Gasteiger partial charge in [-0.05, 0) is 35.9 Å². The van der Waals surface area contributed by atoms with Gasteiger partial charge in [0.2, 0.25) is 0 Å². The van der Waals surface area contributed by atoms with Gasteiger partial charge >= 0.3 is 6.09 Å². The van der Waals surface area contributed by atoms with Crippen LogP contribution in [0.15, 0.2) is 59.7 Å². The van der Waals surface area contributed by atoms with Crippen molar-refractivity contribution < 1.29 is 23.2 Å². The van der Waals surface area contributed by atoms with E-state index in [0.717, 1.165) is 17.0 Å². The van der Waals surface area contributed by atoms with Crippen LogP contribution in [-0.2, 0) is 0 Å². The Morgan fingerprint density at radius 2 is 1.88 bits per heavy atom. The van der Waals surface area contributed by atoms with E-state index < -0.39 is 28.7 Å². The Kier molecular flexibility index (Phi) is 4.70. The third-order valence-corrected chi connectivity index (χ3v) is 3.59. The highest BCUT2D eigenvalue weighted by Crippen LogP contribution is 2.26. The zero-order valence-corrected chi connectivity index (χ0v) is 13.1. The lowest BCUT2D eigenvalue weighted by Crippen LogP contribution is -2.36. The van der Waals surface area contributed by atoms with Gasteiger partial charge in [0.1, 0.15) is 12.1 Å². The standard InChI is InChI=1S/C17H11F2N3O4/c18-14-6-1-11(9-15(14)19)16-7-8-20-10-21(16)17(23)26-13-4-2-12(3-5-13)22(24)25/h1-10,16H. The van der Waals surface area contributed by atoms with Crippen molar-refractivity contribution in [2.45, 2.75) is 6.04 Å². The van der Waals surface area contributed by atoms with Crippen LogP contribution in [0.2, 0.25) is 0 Å². The average Bonchev–Trinajstić information content (AvgIpc) is 2.64. The molecule has 3 rings (SSSR count). The highest BCUT2D eigenvalue weighted by Gasteiger charge is 2.26. The Labute approximate surface area is 146 Å². The van der Waals surface area contributed by atoms with Crippen LogP contribution in [0.25, 0.3) is 0 Å². The molecule has 132 valence electrons. The molecule has 0 bridgehead atoms. The SMILES string of the molecule is O=C(Oc1ccc([N+](=O)[O-])cc1)N1C=NC=CC1c1ccc(F)c(F)c1. The van der Waals surface area contributed by atoms with Crippen LogP contribution in [0.1, 0.15) is 11.6 Å². The monoisotopic (exact) mass is 359 g/mol. The number of hydrogen-bond acceptors (Lipinski definition) is 5. The summed E-state index contributed by atoms with van der Waals surface area (Å²) in [5, 5.41) is 10.6. The number of carbonyl (C=O) groups is 1. The van der Waals surface area contributed by atoms with E-state index in [-0.39, 0.29) is 11.4 Å². The lowest BCUT2D eigenvalue weighted by molar-refractivity contribution is -0.384. The topological polar surface area (TPSA) is 85.0 Å². The van der Waals surface area contributed by atoms with Crippen molar-refractivity contribution in [3.63, 3.8) is 0 Å². The van der Waals surface area contributed by atoms with E-state index in [1.807, 2.05) is 0 Å². The summed E-state index contributed by atoms with van der Waals surface area (Å²) >= 11 is 0. The summed E-state index contributed by atoms with van der Waals surface area (Å²) in [6.45, 7) is 0. The zero-order chi connectivity index (χ0) is 18.7. The molecule has 26 heavy (non-hydrogen) atoms. The van der Waals surface area contributed by atoms with Gasteiger partial charge in [-0.15, -0.1) is 0 Å². The van der Waals surface area contributed by atoms with Crippen molar-refractivity contribution in [2.75, 3.05) is 0 Å². The molecule has 1 atom stereocenters. The lowest BCUT2D eigenvalue weighted by Gasteiger charge is -2.27. The van der Waals surface area contributed by atoms with E-state index in [1.54, 1.807) is 0 Å². The molecule has 0 radical (unpaired) electrons. The molecule has 2 aromatic carbocycles. The van der Waals surface area contributed by atoms with Gasteiger partial charge in [-0.3, -0.25) is 15.0 Å². The summed E-state index contributed by atoms with van der Waals surface area (Å²) in [7, 11) is 0. The number of halogens is 2. The molecule has 0 saturated heterocycles. The zero-order valence-electron chi connectivity index (χ0n) is 13.1. The van der Waals surface area contributed by atoms with Crippen LogP contribution in [0.3, 0.4) is 0 Å². The summed E-state index contributed by atoms with van der Waals surface area (Å²) in [5.41, 5.74) is 0.180. The van der Waals surface area contributed by atoms with Crippen LogP contribution in [0.4, 0.5) is 19.3 Å². The van der Waals surface area contributed by atoms with Crippen LogP contribution in [0.5, 0.6) is 5.75 Å². The van der Waals surface area contributed by atoms with Crippen molar-refractivity contribution in [3.8, 4) is 5.75 Å². The number of carbonyl (C=O) groups excluding carboxylic acids is 1. The van der Waals surface area contributed by atoms with Gasteiger partial charge in [-0.2, -0.15) is 0 Å². The number of nitrogens with zero attached hydrogens (tertiary/aromatic N) is 3. The first kappa shape index (κ1) is 17.2. The number of rotatable bonds is 3. The molecule has 2 aromatic rings. The summed E-state index contributed by atoms with van der Waals surface area (Å²) in [6.07, 6.45) is 3.30. The van der Waals surface area contributed by atoms with Crippen LogP contribution >= 0.6 is 0 Å². The lowest BCUT2D eigenvalue weighted by atomic mass is 10.0. The quantitative estimate of drug-likeness (QED) is 0.613. The molecule has 0 aromatic heterocycles. The van der Waals surface area contributed by atoms with Crippen molar-refractivity contribution in [2.24, 2.45) is 4.99 Å². The van der Waals surface area contributed by atoms with E-state index in [2.05, 4.69) is 4.99 Å². The molecule has 1 aliphatic heterocycles. The molecule has 0 N–H and O–H groups in total. The minimum atomic E-state index is -1.04. The molecule has 0 saturated carbocycles. The minimum absolute atomic E-state index is 0.0904. The fraction of sp³-hybridized carbons (Fsp3) is 0.0588. The van der Waals surface area contributed by atoms with Gasteiger partial charge in [0, 0.05) is 18.3 Å². The van der Waals surface area contributed by atoms with Crippen molar-refractivity contribution >= 4 is 18.1 Å². The smallest absolute Gasteiger partial charge is 0.410 e. The van der Waals surface area contributed by atoms with Gasteiger partial charge in [0.25, 0.3) is 5.69 Å². The van der Waals surface area contributed by atoms with Crippen LogP contribution < -0.4 is 4.74 Å². The van der Waals surface area contributed by atoms with Gasteiger partial charge in [-0.1, -0.05) is 6.07 Å². The number of benzene rings is 2. The van der Waals surface area contributed by atoms with Gasteiger partial charge in [-0.25, -0.2) is 18.6 Å². The maximum absolute atomic E-state index is 13.5. The normalized spacial score (nSPS) is 15.8. The second-order valence-electron chi connectivity index (χ2n) is 5.25. The molecule has 1 heterocycles. The maximum atomic E-state index is 13.5. The predicted octanol–water partition coefficient (Wildman–Crippen LogP) is 3.97. The fourth-order valence-corrected chi connectivity index (χ4v) is 2.32. The van der Waals surface area contributed by atoms with Crippen molar-refractivity contribution in [1.82, 2.24) is 4.90 Å². The number of hydrogen-bond donors (Lipinski definition) is 0. The average molecular weight is 359 g/mol. The first-order valence-corrected chi connectivity index (χ1v) is 7.35. The predicted molar refractivity (Wildman–Crippen MR) is 87.7 cm³/mol. The molecule has 9 heteroatoms. The third-order valence-electron chi connectivity index (χ3n) is 3.59. The Morgan fingerprint density at radius 1 is 1.15 bits per heavy atom. The fourth-order valence-electron chi connectivity index (χ4n) is 2.32. The van der Waals surface area contributed by atoms with Gasteiger partial charge < -0.3 is 4.74 Å². The van der Waals surface area contributed by atoms with E-state index in [1.165, 1.54) is 48.9 Å². The first-order chi connectivity index (χ1) is 12.5. The number of ether oxygens (including phenoxy) is 1. The summed E-state index contributed by atoms with van der Waals surface area (Å²) < 4.78 is 31.8. The molecule has 7 nitrogen and oxygen atoms in total. The maximum Gasteiger partial charge on any atom is 0.421 e. The summed E-state index contributed by atoms with van der Waals surface area (Å²) in [5.74, 6) is -1.95. The number of amides is 1. The molecule has 0 fully saturated rings. The number of aliphatic imine (C=N–C) groups is 1. The molecule has 0 aliphatic carbocycles. The highest BCUT2D eigenvalue weighted by atomic mass is 19.2. The number of nitro benzene ring substituents is 1. The molecule has 1 amide bonds. The van der Waals surface area contributed by atoms with E-state index >= 15 is 0 Å². The number of non-ortho nitro benzene ring substituents is 1. The van der Waals surface area contributed by atoms with Crippen LogP contribution in [-0.4, -0.2) is 22.3 Å². The Morgan fingerprint density at radius 3 is 2.54 bits per heavy atom. The highest BCUT2D eigenvalue weighted by molar-refractivity contribution is 5.85. The first-order valence-electron chi connectivity index (χ1n) is 7.35. The van der Waals surface area contributed by atoms with Gasteiger partial charge in [0.15, 0.2) is 11.6 Å². The van der Waals surface area contributed by atoms with Crippen molar-refractivity contribution in [3.05, 3.63) is 82.1 Å². The van der Waals surface area contributed by atoms with Crippen LogP contribution in [0, 0.1) is 21.7 Å². The molecule has 1 aliphatic rings. The number of nitro groups is 1. The Balaban J connectivity index is 1.80. The second kappa shape index (κ2) is 7.09. The molecule has 0 spiro atoms. The molecule has 1 unspecified atom stereocenters.